The Labute approximate surface area is 157 Å². The van der Waals surface area contributed by atoms with E-state index < -0.39 is 32.5 Å². The number of hydrogen-bond donors (Lipinski definition) is 0. The van der Waals surface area contributed by atoms with E-state index >= 15 is 0 Å². The number of fused-ring (bicyclic) bond motifs is 2. The van der Waals surface area contributed by atoms with Crippen molar-refractivity contribution >= 4 is 20.7 Å². The summed E-state index contributed by atoms with van der Waals surface area (Å²) in [5.74, 6) is 0. The van der Waals surface area contributed by atoms with E-state index in [1.807, 2.05) is 0 Å². The van der Waals surface area contributed by atoms with Crippen LogP contribution in [-0.2, 0) is 26.9 Å². The van der Waals surface area contributed by atoms with Crippen LogP contribution in [0.4, 0.5) is 13.2 Å². The molecule has 0 atom stereocenters. The molecule has 0 bridgehead atoms. The van der Waals surface area contributed by atoms with Gasteiger partial charge in [-0.1, -0.05) is 36.4 Å². The van der Waals surface area contributed by atoms with Gasteiger partial charge in [-0.15, -0.1) is 0 Å². The molecular weight excluding hydrogens is 393 g/mol. The second kappa shape index (κ2) is 6.14. The van der Waals surface area contributed by atoms with Crippen molar-refractivity contribution in [1.82, 2.24) is 0 Å². The molecule has 4 rings (SSSR count). The predicted octanol–water partition coefficient (Wildman–Crippen LogP) is 5.26. The van der Waals surface area contributed by atoms with Crippen LogP contribution in [-0.4, -0.2) is 8.42 Å². The van der Waals surface area contributed by atoms with Gasteiger partial charge in [-0.3, -0.25) is 0 Å². The first-order chi connectivity index (χ1) is 12.7. The van der Waals surface area contributed by atoms with E-state index in [0.717, 1.165) is 6.07 Å². The van der Waals surface area contributed by atoms with Crippen LogP contribution in [0.15, 0.2) is 91.2 Å². The second-order valence-electron chi connectivity index (χ2n) is 6.15. The number of benzene rings is 3. The average molecular weight is 407 g/mol. The third-order valence-electron chi connectivity index (χ3n) is 4.44. The number of aryl methyl sites for hydroxylation is 1. The first-order valence-corrected chi connectivity index (χ1v) is 10.8. The number of halogens is 3. The molecule has 0 N–H and O–H groups in total. The maximum absolute atomic E-state index is 13.8. The molecule has 1 aliphatic heterocycles. The standard InChI is InChI=1S/C20H14F3O2S2/c1-13-7-6-8-14(20(21,22)23)19(13)26-15-9-2-4-11-17(15)27(24,25)18-12-5-3-10-16(18)26/h2-12H,1H3/q+1. The Morgan fingerprint density at radius 2 is 1.30 bits per heavy atom. The summed E-state index contributed by atoms with van der Waals surface area (Å²) in [6.45, 7) is 1.63. The summed E-state index contributed by atoms with van der Waals surface area (Å²) in [4.78, 5) is 1.07. The molecular formula is C20H14F3O2S2+. The Morgan fingerprint density at radius 1 is 0.778 bits per heavy atom. The SMILES string of the molecule is Cc1cccc(C(F)(F)F)c1[S+]1c2ccccc2S(=O)(=O)c2ccccc21. The zero-order valence-electron chi connectivity index (χ0n) is 14.1. The van der Waals surface area contributed by atoms with Crippen molar-refractivity contribution in [3.05, 3.63) is 77.9 Å². The van der Waals surface area contributed by atoms with Gasteiger partial charge in [-0.25, -0.2) is 8.42 Å². The molecule has 0 fully saturated rings. The largest absolute Gasteiger partial charge is 0.421 e. The molecule has 0 radical (unpaired) electrons. The van der Waals surface area contributed by atoms with Gasteiger partial charge in [0, 0.05) is 5.56 Å². The summed E-state index contributed by atoms with van der Waals surface area (Å²) in [5, 5.41) is 0. The number of alkyl halides is 3. The molecule has 0 spiro atoms. The summed E-state index contributed by atoms with van der Waals surface area (Å²) in [7, 11) is -4.95. The first kappa shape index (κ1) is 18.1. The van der Waals surface area contributed by atoms with Crippen molar-refractivity contribution in [2.24, 2.45) is 0 Å². The Kier molecular flexibility index (Phi) is 4.12. The zero-order chi connectivity index (χ0) is 19.4. The first-order valence-electron chi connectivity index (χ1n) is 8.07. The third-order valence-corrected chi connectivity index (χ3v) is 9.11. The average Bonchev–Trinajstić information content (AvgIpc) is 2.62. The van der Waals surface area contributed by atoms with Crippen LogP contribution in [0.3, 0.4) is 0 Å². The van der Waals surface area contributed by atoms with Gasteiger partial charge in [0.2, 0.25) is 9.84 Å². The van der Waals surface area contributed by atoms with Gasteiger partial charge in [0.1, 0.15) is 26.2 Å². The summed E-state index contributed by atoms with van der Waals surface area (Å²) in [6.07, 6.45) is -4.53. The Hall–Kier alpha value is -2.25. The topological polar surface area (TPSA) is 34.1 Å². The third kappa shape index (κ3) is 2.76. The number of sulfone groups is 1. The number of hydrogen-bond acceptors (Lipinski definition) is 2. The summed E-state index contributed by atoms with van der Waals surface area (Å²) >= 11 is 0. The van der Waals surface area contributed by atoms with Crippen molar-refractivity contribution in [3.8, 4) is 0 Å². The van der Waals surface area contributed by atoms with E-state index in [0.29, 0.717) is 15.4 Å². The highest BCUT2D eigenvalue weighted by atomic mass is 32.2. The normalized spacial score (nSPS) is 15.9. The van der Waals surface area contributed by atoms with Gasteiger partial charge >= 0.3 is 6.18 Å². The molecule has 138 valence electrons. The lowest BCUT2D eigenvalue weighted by atomic mass is 10.1. The van der Waals surface area contributed by atoms with Gasteiger partial charge in [0.05, 0.1) is 0 Å². The Balaban J connectivity index is 2.14. The summed E-state index contributed by atoms with van der Waals surface area (Å²) in [6, 6.07) is 16.7. The lowest BCUT2D eigenvalue weighted by Crippen LogP contribution is -2.23. The fraction of sp³-hybridized carbons (Fsp3) is 0.100. The summed E-state index contributed by atoms with van der Waals surface area (Å²) < 4.78 is 67.4. The second-order valence-corrected chi connectivity index (χ2v) is 9.94. The molecule has 0 unspecified atom stereocenters. The molecule has 0 aromatic heterocycles. The lowest BCUT2D eigenvalue weighted by Gasteiger charge is -2.22. The van der Waals surface area contributed by atoms with Gasteiger partial charge in [0.25, 0.3) is 0 Å². The lowest BCUT2D eigenvalue weighted by molar-refractivity contribution is -0.139. The maximum atomic E-state index is 13.8. The van der Waals surface area contributed by atoms with E-state index in [1.165, 1.54) is 18.2 Å². The molecule has 2 nitrogen and oxygen atoms in total. The zero-order valence-corrected chi connectivity index (χ0v) is 15.8. The van der Waals surface area contributed by atoms with Crippen LogP contribution >= 0.6 is 0 Å². The van der Waals surface area contributed by atoms with Gasteiger partial charge in [-0.05, 0) is 37.3 Å². The van der Waals surface area contributed by atoms with Crippen LogP contribution in [0, 0.1) is 6.92 Å². The van der Waals surface area contributed by atoms with E-state index in [4.69, 9.17) is 0 Å². The van der Waals surface area contributed by atoms with Gasteiger partial charge in [0.15, 0.2) is 14.7 Å². The van der Waals surface area contributed by atoms with E-state index in [9.17, 15) is 21.6 Å². The van der Waals surface area contributed by atoms with Crippen molar-refractivity contribution in [1.29, 1.82) is 0 Å². The fourth-order valence-corrected chi connectivity index (χ4v) is 8.30. The monoisotopic (exact) mass is 407 g/mol. The molecule has 27 heavy (non-hydrogen) atoms. The quantitative estimate of drug-likeness (QED) is 0.404. The van der Waals surface area contributed by atoms with Crippen LogP contribution in [0.2, 0.25) is 0 Å². The minimum absolute atomic E-state index is 0.0726. The predicted molar refractivity (Wildman–Crippen MR) is 96.7 cm³/mol. The molecule has 0 saturated heterocycles. The highest BCUT2D eigenvalue weighted by molar-refractivity contribution is 8.00. The van der Waals surface area contributed by atoms with Crippen LogP contribution < -0.4 is 0 Å². The smallest absolute Gasteiger partial charge is 0.218 e. The van der Waals surface area contributed by atoms with Gasteiger partial charge < -0.3 is 0 Å². The Morgan fingerprint density at radius 3 is 1.81 bits per heavy atom. The molecule has 1 aliphatic rings. The van der Waals surface area contributed by atoms with Crippen LogP contribution in [0.1, 0.15) is 11.1 Å². The van der Waals surface area contributed by atoms with Crippen molar-refractivity contribution < 1.29 is 21.6 Å². The highest BCUT2D eigenvalue weighted by Gasteiger charge is 2.49. The molecule has 0 aliphatic carbocycles. The summed E-state index contributed by atoms with van der Waals surface area (Å²) in [5.41, 5.74) is -0.244. The van der Waals surface area contributed by atoms with E-state index in [2.05, 4.69) is 0 Å². The minimum Gasteiger partial charge on any atom is -0.218 e. The van der Waals surface area contributed by atoms with Crippen LogP contribution in [0.25, 0.3) is 0 Å². The molecule has 1 heterocycles. The molecule has 3 aromatic carbocycles. The fourth-order valence-electron chi connectivity index (χ4n) is 3.29. The van der Waals surface area contributed by atoms with Crippen molar-refractivity contribution in [3.63, 3.8) is 0 Å². The molecule has 0 saturated carbocycles. The number of rotatable bonds is 1. The van der Waals surface area contributed by atoms with Gasteiger partial charge in [-0.2, -0.15) is 13.2 Å². The van der Waals surface area contributed by atoms with E-state index in [-0.39, 0.29) is 14.7 Å². The highest BCUT2D eigenvalue weighted by Crippen LogP contribution is 2.48. The van der Waals surface area contributed by atoms with Crippen molar-refractivity contribution in [2.75, 3.05) is 0 Å². The van der Waals surface area contributed by atoms with Crippen molar-refractivity contribution in [2.45, 2.75) is 37.6 Å². The molecule has 7 heteroatoms. The molecule has 3 aromatic rings. The van der Waals surface area contributed by atoms with Crippen LogP contribution in [0.5, 0.6) is 0 Å². The minimum atomic E-state index is -4.53. The maximum Gasteiger partial charge on any atom is 0.421 e. The Bertz CT molecular complexity index is 1100. The van der Waals surface area contributed by atoms with E-state index in [1.54, 1.807) is 49.4 Å². The molecule has 0 amide bonds.